The van der Waals surface area contributed by atoms with Gasteiger partial charge in [0.2, 0.25) is 5.75 Å². The highest BCUT2D eigenvalue weighted by atomic mass is 35.5. The summed E-state index contributed by atoms with van der Waals surface area (Å²) in [5.74, 6) is 1.56. The normalized spacial score (nSPS) is 14.5. The van der Waals surface area contributed by atoms with Crippen LogP contribution < -0.4 is 25.3 Å². The number of hydrogen-bond donors (Lipinski definition) is 2. The molecule has 0 aromatic heterocycles. The molecule has 1 unspecified atom stereocenters. The summed E-state index contributed by atoms with van der Waals surface area (Å²) < 4.78 is 15.8. The Morgan fingerprint density at radius 1 is 1.23 bits per heavy atom. The van der Waals surface area contributed by atoms with Crippen LogP contribution in [0.4, 0.5) is 0 Å². The van der Waals surface area contributed by atoms with Gasteiger partial charge in [-0.25, -0.2) is 0 Å². The van der Waals surface area contributed by atoms with E-state index in [2.05, 4.69) is 5.32 Å². The molecule has 1 fully saturated rings. The van der Waals surface area contributed by atoms with Crippen molar-refractivity contribution in [2.24, 2.45) is 11.7 Å². The van der Waals surface area contributed by atoms with Crippen LogP contribution in [0.5, 0.6) is 17.2 Å². The van der Waals surface area contributed by atoms with Crippen molar-refractivity contribution in [1.29, 1.82) is 0 Å². The first-order valence-corrected chi connectivity index (χ1v) is 6.96. The molecule has 124 valence electrons. The van der Waals surface area contributed by atoms with E-state index in [1.807, 2.05) is 0 Å². The Hall–Kier alpha value is -1.66. The van der Waals surface area contributed by atoms with Crippen molar-refractivity contribution in [2.45, 2.75) is 18.9 Å². The quantitative estimate of drug-likeness (QED) is 0.793. The standard InChI is InChI=1S/C15H22N2O4.ClH/c1-19-12-7-6-10(13(20-2)14(12)21-3)15(18)17-11(8-16)9-4-5-9;/h6-7,9,11H,4-5,8,16H2,1-3H3,(H,17,18);1H. The van der Waals surface area contributed by atoms with Crippen molar-refractivity contribution in [1.82, 2.24) is 5.32 Å². The zero-order valence-corrected chi connectivity index (χ0v) is 13.9. The third-order valence-electron chi connectivity index (χ3n) is 3.71. The molecule has 1 saturated carbocycles. The summed E-state index contributed by atoms with van der Waals surface area (Å²) in [7, 11) is 4.54. The van der Waals surface area contributed by atoms with Gasteiger partial charge in [-0.2, -0.15) is 0 Å². The third kappa shape index (κ3) is 3.75. The highest BCUT2D eigenvalue weighted by Gasteiger charge is 2.32. The Morgan fingerprint density at radius 3 is 2.32 bits per heavy atom. The zero-order chi connectivity index (χ0) is 15.4. The number of nitrogens with one attached hydrogen (secondary N) is 1. The highest BCUT2D eigenvalue weighted by Crippen LogP contribution is 2.40. The summed E-state index contributed by atoms with van der Waals surface area (Å²) in [4.78, 5) is 12.5. The fourth-order valence-corrected chi connectivity index (χ4v) is 2.39. The molecule has 1 amide bonds. The second-order valence-corrected chi connectivity index (χ2v) is 5.03. The Balaban J connectivity index is 0.00000242. The van der Waals surface area contributed by atoms with Crippen molar-refractivity contribution in [3.05, 3.63) is 17.7 Å². The summed E-state index contributed by atoms with van der Waals surface area (Å²) in [6, 6.07) is 3.36. The largest absolute Gasteiger partial charge is 0.493 e. The van der Waals surface area contributed by atoms with E-state index >= 15 is 0 Å². The summed E-state index contributed by atoms with van der Waals surface area (Å²) in [5.41, 5.74) is 6.13. The van der Waals surface area contributed by atoms with Gasteiger partial charge in [0.1, 0.15) is 0 Å². The van der Waals surface area contributed by atoms with Gasteiger partial charge in [-0.05, 0) is 30.9 Å². The number of halogens is 1. The summed E-state index contributed by atoms with van der Waals surface area (Å²) in [5, 5.41) is 2.97. The molecule has 0 saturated heterocycles. The van der Waals surface area contributed by atoms with E-state index in [0.29, 0.717) is 35.3 Å². The smallest absolute Gasteiger partial charge is 0.255 e. The van der Waals surface area contributed by atoms with Crippen LogP contribution in [0.1, 0.15) is 23.2 Å². The van der Waals surface area contributed by atoms with E-state index in [-0.39, 0.29) is 24.4 Å². The summed E-state index contributed by atoms with van der Waals surface area (Å²) >= 11 is 0. The van der Waals surface area contributed by atoms with Crippen molar-refractivity contribution >= 4 is 18.3 Å². The molecule has 1 aliphatic rings. The number of nitrogens with two attached hydrogens (primary N) is 1. The summed E-state index contributed by atoms with van der Waals surface area (Å²) in [6.07, 6.45) is 2.23. The molecule has 6 nitrogen and oxygen atoms in total. The predicted molar refractivity (Wildman–Crippen MR) is 86.4 cm³/mol. The summed E-state index contributed by atoms with van der Waals surface area (Å²) in [6.45, 7) is 0.437. The molecule has 1 atom stereocenters. The number of benzene rings is 1. The third-order valence-corrected chi connectivity index (χ3v) is 3.71. The van der Waals surface area contributed by atoms with Gasteiger partial charge in [0.05, 0.1) is 26.9 Å². The Labute approximate surface area is 136 Å². The SMILES string of the molecule is COc1ccc(C(=O)NC(CN)C2CC2)c(OC)c1OC.Cl. The predicted octanol–water partition coefficient (Wildman–Crippen LogP) is 1.60. The Bertz CT molecular complexity index is 521. The lowest BCUT2D eigenvalue weighted by Gasteiger charge is -2.19. The molecule has 0 radical (unpaired) electrons. The van der Waals surface area contributed by atoms with E-state index in [4.69, 9.17) is 19.9 Å². The fourth-order valence-electron chi connectivity index (χ4n) is 2.39. The van der Waals surface area contributed by atoms with Gasteiger partial charge in [0, 0.05) is 12.6 Å². The maximum atomic E-state index is 12.5. The minimum absolute atomic E-state index is 0. The topological polar surface area (TPSA) is 82.8 Å². The number of ether oxygens (including phenoxy) is 3. The second kappa shape index (κ2) is 8.10. The van der Waals surface area contributed by atoms with Crippen LogP contribution >= 0.6 is 12.4 Å². The fraction of sp³-hybridized carbons (Fsp3) is 0.533. The maximum Gasteiger partial charge on any atom is 0.255 e. The molecule has 7 heteroatoms. The van der Waals surface area contributed by atoms with Crippen LogP contribution in [0, 0.1) is 5.92 Å². The van der Waals surface area contributed by atoms with Crippen molar-refractivity contribution in [2.75, 3.05) is 27.9 Å². The minimum Gasteiger partial charge on any atom is -0.493 e. The first kappa shape index (κ1) is 18.4. The van der Waals surface area contributed by atoms with Crippen LogP contribution in [0.3, 0.4) is 0 Å². The van der Waals surface area contributed by atoms with Gasteiger partial charge in [-0.1, -0.05) is 0 Å². The Morgan fingerprint density at radius 2 is 1.86 bits per heavy atom. The van der Waals surface area contributed by atoms with Crippen LogP contribution in [0.25, 0.3) is 0 Å². The van der Waals surface area contributed by atoms with Crippen molar-refractivity contribution in [3.63, 3.8) is 0 Å². The van der Waals surface area contributed by atoms with Crippen molar-refractivity contribution < 1.29 is 19.0 Å². The molecule has 3 N–H and O–H groups in total. The van der Waals surface area contributed by atoms with Crippen LogP contribution in [0.15, 0.2) is 12.1 Å². The number of rotatable bonds is 7. The maximum absolute atomic E-state index is 12.5. The van der Waals surface area contributed by atoms with E-state index in [9.17, 15) is 4.79 Å². The monoisotopic (exact) mass is 330 g/mol. The van der Waals surface area contributed by atoms with Gasteiger partial charge in [0.15, 0.2) is 11.5 Å². The number of carbonyl (C=O) groups excluding carboxylic acids is 1. The average Bonchev–Trinajstić information content (AvgIpc) is 3.35. The minimum atomic E-state index is -0.213. The molecule has 0 aliphatic heterocycles. The number of carbonyl (C=O) groups is 1. The zero-order valence-electron chi connectivity index (χ0n) is 13.0. The molecular weight excluding hydrogens is 308 g/mol. The Kier molecular flexibility index (Phi) is 6.77. The number of amides is 1. The van der Waals surface area contributed by atoms with Gasteiger partial charge in [-0.15, -0.1) is 12.4 Å². The highest BCUT2D eigenvalue weighted by molar-refractivity contribution is 5.98. The van der Waals surface area contributed by atoms with E-state index in [1.54, 1.807) is 12.1 Å². The lowest BCUT2D eigenvalue weighted by Crippen LogP contribution is -2.41. The molecule has 1 aliphatic carbocycles. The van der Waals surface area contributed by atoms with Gasteiger partial charge < -0.3 is 25.3 Å². The lowest BCUT2D eigenvalue weighted by molar-refractivity contribution is 0.0929. The molecule has 0 bridgehead atoms. The van der Waals surface area contributed by atoms with Crippen LogP contribution in [-0.4, -0.2) is 39.8 Å². The van der Waals surface area contributed by atoms with Gasteiger partial charge in [-0.3, -0.25) is 4.79 Å². The van der Waals surface area contributed by atoms with Crippen molar-refractivity contribution in [3.8, 4) is 17.2 Å². The van der Waals surface area contributed by atoms with E-state index in [1.165, 1.54) is 21.3 Å². The molecule has 1 aromatic carbocycles. The molecule has 0 spiro atoms. The molecule has 0 heterocycles. The second-order valence-electron chi connectivity index (χ2n) is 5.03. The molecule has 22 heavy (non-hydrogen) atoms. The van der Waals surface area contributed by atoms with Gasteiger partial charge >= 0.3 is 0 Å². The lowest BCUT2D eigenvalue weighted by atomic mass is 10.1. The van der Waals surface area contributed by atoms with Gasteiger partial charge in [0.25, 0.3) is 5.91 Å². The molecular formula is C15H23ClN2O4. The first-order valence-electron chi connectivity index (χ1n) is 6.96. The average molecular weight is 331 g/mol. The first-order chi connectivity index (χ1) is 10.2. The van der Waals surface area contributed by atoms with Crippen LogP contribution in [-0.2, 0) is 0 Å². The van der Waals surface area contributed by atoms with E-state index < -0.39 is 0 Å². The molecule has 1 aromatic rings. The van der Waals surface area contributed by atoms with Crippen LogP contribution in [0.2, 0.25) is 0 Å². The molecule has 2 rings (SSSR count). The number of methoxy groups -OCH3 is 3. The number of hydrogen-bond acceptors (Lipinski definition) is 5. The van der Waals surface area contributed by atoms with E-state index in [0.717, 1.165) is 12.8 Å².